The Balaban J connectivity index is 0.000000537. The topological polar surface area (TPSA) is 166 Å². The van der Waals surface area contributed by atoms with Gasteiger partial charge in [-0.2, -0.15) is 12.4 Å². The fourth-order valence-corrected chi connectivity index (χ4v) is 2.78. The predicted octanol–water partition coefficient (Wildman–Crippen LogP) is 0.434. The minimum atomic E-state index is -4.76. The van der Waals surface area contributed by atoms with Crippen molar-refractivity contribution in [2.75, 3.05) is 19.8 Å². The third kappa shape index (κ3) is 5.00. The van der Waals surface area contributed by atoms with E-state index < -0.39 is 27.8 Å². The highest BCUT2D eigenvalue weighted by Gasteiger charge is 2.24. The third-order valence-electron chi connectivity index (χ3n) is 3.41. The van der Waals surface area contributed by atoms with Crippen LogP contribution in [-0.4, -0.2) is 63.9 Å². The Morgan fingerprint density at radius 2 is 1.66 bits per heavy atom. The van der Waals surface area contributed by atoms with E-state index in [4.69, 9.17) is 5.73 Å². The lowest BCUT2D eigenvalue weighted by Crippen LogP contribution is -2.17. The van der Waals surface area contributed by atoms with Crippen LogP contribution in [0.15, 0.2) is 42.5 Å². The zero-order valence-corrected chi connectivity index (χ0v) is 16.2. The number of carbonyl (C=O) groups excluding carboxylic acids is 3. The molecule has 12 heteroatoms. The number of nitrogens with two attached hydrogens (primary N) is 1. The van der Waals surface area contributed by atoms with Gasteiger partial charge in [-0.3, -0.25) is 18.9 Å². The fourth-order valence-electron chi connectivity index (χ4n) is 2.15. The molecule has 0 aliphatic carbocycles. The summed E-state index contributed by atoms with van der Waals surface area (Å²) in [5, 5.41) is 0. The average Bonchev–Trinajstić information content (AvgIpc) is 3.03. The molecule has 11 nitrogen and oxygen atoms in total. The van der Waals surface area contributed by atoms with Crippen molar-refractivity contribution in [1.82, 2.24) is 18.8 Å². The highest BCUT2D eigenvalue weighted by Crippen LogP contribution is 2.19. The molecule has 152 valence electrons. The number of ketones is 2. The normalized spacial score (nSPS) is 10.7. The van der Waals surface area contributed by atoms with Crippen molar-refractivity contribution in [3.05, 3.63) is 53.7 Å². The summed E-state index contributed by atoms with van der Waals surface area (Å²) in [5.41, 5.74) is 5.02. The zero-order chi connectivity index (χ0) is 21.8. The maximum absolute atomic E-state index is 12.3. The molecule has 0 spiro atoms. The van der Waals surface area contributed by atoms with Gasteiger partial charge in [-0.05, 0) is 12.1 Å². The van der Waals surface area contributed by atoms with Gasteiger partial charge in [-0.15, -0.1) is 0 Å². The molecule has 3 aromatic rings. The fraction of sp³-hybridized carbons (Fsp3) is 0.118. The lowest BCUT2D eigenvalue weighted by atomic mass is 10.1. The van der Waals surface area contributed by atoms with Crippen molar-refractivity contribution in [2.45, 2.75) is 0 Å². The molecule has 1 amide bonds. The van der Waals surface area contributed by atoms with E-state index in [2.05, 4.69) is 9.97 Å². The molecule has 3 rings (SSSR count). The summed E-state index contributed by atoms with van der Waals surface area (Å²) in [6, 6.07) is 10.4. The number of benzene rings is 1. The van der Waals surface area contributed by atoms with Gasteiger partial charge in [0.25, 0.3) is 5.78 Å². The summed E-state index contributed by atoms with van der Waals surface area (Å²) < 4.78 is 32.2. The first-order chi connectivity index (χ1) is 13.6. The van der Waals surface area contributed by atoms with Crippen molar-refractivity contribution >= 4 is 45.4 Å². The number of fused-ring (bicyclic) bond motifs is 1. The van der Waals surface area contributed by atoms with E-state index in [1.54, 1.807) is 32.3 Å². The molecule has 29 heavy (non-hydrogen) atoms. The minimum absolute atomic E-state index is 0.0498. The monoisotopic (exact) mass is 419 g/mol. The number of aromatic nitrogens is 3. The van der Waals surface area contributed by atoms with Gasteiger partial charge in [0.15, 0.2) is 5.65 Å². The van der Waals surface area contributed by atoms with E-state index in [1.807, 2.05) is 0 Å². The lowest BCUT2D eigenvalue weighted by molar-refractivity contribution is -0.115. The SMILES string of the molecule is CN(C)C=O.Nc1nc2ccc(C(=O)C(=O)c3ccccc3)nc2n1S(=O)(=O)O. The van der Waals surface area contributed by atoms with Gasteiger partial charge in [0.1, 0.15) is 11.2 Å². The Morgan fingerprint density at radius 1 is 1.07 bits per heavy atom. The average molecular weight is 419 g/mol. The van der Waals surface area contributed by atoms with Crippen molar-refractivity contribution in [3.8, 4) is 0 Å². The van der Waals surface area contributed by atoms with Crippen LogP contribution in [0.3, 0.4) is 0 Å². The van der Waals surface area contributed by atoms with Crippen molar-refractivity contribution in [1.29, 1.82) is 0 Å². The van der Waals surface area contributed by atoms with Crippen LogP contribution in [-0.2, 0) is 15.1 Å². The first kappa shape index (κ1) is 21.7. The summed E-state index contributed by atoms with van der Waals surface area (Å²) >= 11 is 0. The summed E-state index contributed by atoms with van der Waals surface area (Å²) in [7, 11) is -1.39. The molecule has 2 heterocycles. The number of hydrogen-bond donors (Lipinski definition) is 2. The van der Waals surface area contributed by atoms with Crippen LogP contribution in [0.4, 0.5) is 5.95 Å². The summed E-state index contributed by atoms with van der Waals surface area (Å²) in [4.78, 5) is 42.9. The molecule has 1 aromatic carbocycles. The zero-order valence-electron chi connectivity index (χ0n) is 15.4. The smallest absolute Gasteiger partial charge is 0.368 e. The molecule has 0 saturated heterocycles. The minimum Gasteiger partial charge on any atom is -0.368 e. The maximum atomic E-state index is 12.3. The van der Waals surface area contributed by atoms with Crippen LogP contribution >= 0.6 is 0 Å². The quantitative estimate of drug-likeness (QED) is 0.258. The highest BCUT2D eigenvalue weighted by molar-refractivity contribution is 7.84. The molecular weight excluding hydrogens is 402 g/mol. The van der Waals surface area contributed by atoms with Crippen LogP contribution in [0.5, 0.6) is 0 Å². The second-order valence-electron chi connectivity index (χ2n) is 5.84. The number of pyridine rings is 1. The number of rotatable bonds is 5. The third-order valence-corrected chi connectivity index (χ3v) is 4.23. The first-order valence-corrected chi connectivity index (χ1v) is 9.34. The van der Waals surface area contributed by atoms with Gasteiger partial charge >= 0.3 is 10.3 Å². The van der Waals surface area contributed by atoms with Gasteiger partial charge in [0, 0.05) is 19.7 Å². The van der Waals surface area contributed by atoms with Gasteiger partial charge in [0.05, 0.1) is 0 Å². The number of Topliss-reactive ketones (excluding diaryl/α,β-unsaturated/α-hetero) is 2. The van der Waals surface area contributed by atoms with Gasteiger partial charge in [-0.25, -0.2) is 9.97 Å². The van der Waals surface area contributed by atoms with Crippen molar-refractivity contribution < 1.29 is 27.4 Å². The number of nitrogens with zero attached hydrogens (tertiary/aromatic N) is 4. The number of carbonyl (C=O) groups is 3. The van der Waals surface area contributed by atoms with Crippen LogP contribution in [0.2, 0.25) is 0 Å². The molecule has 0 fully saturated rings. The van der Waals surface area contributed by atoms with Crippen LogP contribution < -0.4 is 5.73 Å². The van der Waals surface area contributed by atoms with Gasteiger partial charge < -0.3 is 10.6 Å². The Morgan fingerprint density at radius 3 is 2.17 bits per heavy atom. The van der Waals surface area contributed by atoms with E-state index in [9.17, 15) is 27.4 Å². The molecule has 0 radical (unpaired) electrons. The molecule has 0 bridgehead atoms. The molecule has 0 atom stereocenters. The van der Waals surface area contributed by atoms with E-state index >= 15 is 0 Å². The summed E-state index contributed by atoms with van der Waals surface area (Å²) in [6.45, 7) is 0. The number of amides is 1. The summed E-state index contributed by atoms with van der Waals surface area (Å²) in [6.07, 6.45) is 0.750. The van der Waals surface area contributed by atoms with E-state index in [0.29, 0.717) is 0 Å². The molecule has 0 aliphatic heterocycles. The van der Waals surface area contributed by atoms with Crippen LogP contribution in [0.1, 0.15) is 20.8 Å². The molecular formula is C17H17N5O6S. The second-order valence-corrected chi connectivity index (χ2v) is 7.11. The van der Waals surface area contributed by atoms with Crippen LogP contribution in [0.25, 0.3) is 11.2 Å². The standard InChI is InChI=1S/C14H10N4O5S.C3H7NO/c15-14-17-10-7-6-9(16-13(10)18(14)24(21,22)23)12(20)11(19)8-4-2-1-3-5-8;1-4(2)3-5/h1-7H,(H2,15,17)(H,21,22,23);3H,1-2H3. The molecule has 0 aliphatic rings. The second kappa shape index (κ2) is 8.58. The lowest BCUT2D eigenvalue weighted by Gasteiger charge is -2.02. The van der Waals surface area contributed by atoms with Gasteiger partial charge in [-0.1, -0.05) is 30.3 Å². The number of anilines is 1. The number of nitrogen functional groups attached to an aromatic ring is 1. The Kier molecular flexibility index (Phi) is 6.41. The van der Waals surface area contributed by atoms with Crippen LogP contribution in [0, 0.1) is 0 Å². The Bertz CT molecular complexity index is 1170. The van der Waals surface area contributed by atoms with Crippen molar-refractivity contribution in [3.63, 3.8) is 0 Å². The maximum Gasteiger partial charge on any atom is 0.368 e. The molecule has 0 unspecified atom stereocenters. The number of imidazole rings is 1. The molecule has 3 N–H and O–H groups in total. The molecule has 0 saturated carbocycles. The predicted molar refractivity (Wildman–Crippen MR) is 104 cm³/mol. The summed E-state index contributed by atoms with van der Waals surface area (Å²) in [5.74, 6) is -2.24. The van der Waals surface area contributed by atoms with E-state index in [1.165, 1.54) is 29.2 Å². The van der Waals surface area contributed by atoms with E-state index in [-0.39, 0.29) is 26.4 Å². The Hall–Kier alpha value is -3.64. The van der Waals surface area contributed by atoms with E-state index in [0.717, 1.165) is 6.41 Å². The largest absolute Gasteiger partial charge is 0.368 e. The number of hydrogen-bond acceptors (Lipinski definition) is 8. The first-order valence-electron chi connectivity index (χ1n) is 7.95. The van der Waals surface area contributed by atoms with Gasteiger partial charge in [0.2, 0.25) is 18.1 Å². The van der Waals surface area contributed by atoms with Crippen molar-refractivity contribution in [2.24, 2.45) is 0 Å². The highest BCUT2D eigenvalue weighted by atomic mass is 32.2. The molecule has 2 aromatic heterocycles. The Labute approximate surface area is 165 Å².